The standard InChI is InChI=1S/C9H20.C6H10O2/c1-5-9(6-2,7-3)8-4;1-5(7)3-4-6(2)8/h5-8H2,1-4H3;3-4H2,1-2H3. The number of carbonyl (C=O) groups excluding carboxylic acids is 2. The second-order valence-electron chi connectivity index (χ2n) is 4.82. The molecule has 0 bridgehead atoms. The van der Waals surface area contributed by atoms with Gasteiger partial charge in [-0.15, -0.1) is 0 Å². The molecule has 0 amide bonds. The zero-order valence-electron chi connectivity index (χ0n) is 12.6. The van der Waals surface area contributed by atoms with Gasteiger partial charge in [-0.3, -0.25) is 0 Å². The molecule has 0 spiro atoms. The third kappa shape index (κ3) is 10.2. The molecule has 0 saturated carbocycles. The third-order valence-corrected chi connectivity index (χ3v) is 3.83. The third-order valence-electron chi connectivity index (χ3n) is 3.83. The van der Waals surface area contributed by atoms with E-state index in [0.717, 1.165) is 0 Å². The molecule has 102 valence electrons. The smallest absolute Gasteiger partial charge is 0.130 e. The predicted molar refractivity (Wildman–Crippen MR) is 74.2 cm³/mol. The number of rotatable bonds is 7. The Morgan fingerprint density at radius 2 is 0.941 bits per heavy atom. The van der Waals surface area contributed by atoms with Crippen molar-refractivity contribution < 1.29 is 9.59 Å². The first-order chi connectivity index (χ1) is 7.87. The number of hydrogen-bond donors (Lipinski definition) is 0. The van der Waals surface area contributed by atoms with Crippen LogP contribution in [0.3, 0.4) is 0 Å². The van der Waals surface area contributed by atoms with Crippen LogP contribution in [0, 0.1) is 5.41 Å². The minimum Gasteiger partial charge on any atom is -0.300 e. The highest BCUT2D eigenvalue weighted by Gasteiger charge is 2.20. The van der Waals surface area contributed by atoms with E-state index in [1.807, 2.05) is 0 Å². The van der Waals surface area contributed by atoms with E-state index in [0.29, 0.717) is 18.3 Å². The molecule has 0 unspecified atom stereocenters. The number of hydrogen-bond acceptors (Lipinski definition) is 2. The minimum absolute atomic E-state index is 0.0835. The van der Waals surface area contributed by atoms with Crippen LogP contribution in [-0.2, 0) is 9.59 Å². The van der Waals surface area contributed by atoms with Crippen molar-refractivity contribution in [3.8, 4) is 0 Å². The van der Waals surface area contributed by atoms with E-state index in [4.69, 9.17) is 0 Å². The van der Waals surface area contributed by atoms with Crippen LogP contribution in [0.25, 0.3) is 0 Å². The summed E-state index contributed by atoms with van der Waals surface area (Å²) >= 11 is 0. The first-order valence-corrected chi connectivity index (χ1v) is 6.86. The second-order valence-corrected chi connectivity index (χ2v) is 4.82. The van der Waals surface area contributed by atoms with Crippen molar-refractivity contribution in [1.29, 1.82) is 0 Å². The van der Waals surface area contributed by atoms with Crippen LogP contribution in [0.1, 0.15) is 80.1 Å². The molecule has 0 fully saturated rings. The maximum Gasteiger partial charge on any atom is 0.130 e. The number of carbonyl (C=O) groups is 2. The van der Waals surface area contributed by atoms with E-state index < -0.39 is 0 Å². The zero-order chi connectivity index (χ0) is 13.9. The Bertz CT molecular complexity index is 183. The van der Waals surface area contributed by atoms with Crippen molar-refractivity contribution in [1.82, 2.24) is 0 Å². The predicted octanol–water partition coefficient (Wildman–Crippen LogP) is 4.56. The van der Waals surface area contributed by atoms with Crippen molar-refractivity contribution in [2.45, 2.75) is 80.1 Å². The minimum atomic E-state index is 0.0835. The van der Waals surface area contributed by atoms with Crippen molar-refractivity contribution in [3.05, 3.63) is 0 Å². The van der Waals surface area contributed by atoms with Gasteiger partial charge in [0.1, 0.15) is 11.6 Å². The Morgan fingerprint density at radius 1 is 0.706 bits per heavy atom. The van der Waals surface area contributed by atoms with Crippen LogP contribution in [0.5, 0.6) is 0 Å². The molecule has 0 heterocycles. The van der Waals surface area contributed by atoms with Crippen LogP contribution in [0.2, 0.25) is 0 Å². The zero-order valence-corrected chi connectivity index (χ0v) is 12.6. The number of Topliss-reactive ketones (excluding diaryl/α,β-unsaturated/α-hetero) is 2. The van der Waals surface area contributed by atoms with Crippen molar-refractivity contribution in [2.24, 2.45) is 5.41 Å². The largest absolute Gasteiger partial charge is 0.300 e. The van der Waals surface area contributed by atoms with Gasteiger partial charge in [-0.1, -0.05) is 53.4 Å². The summed E-state index contributed by atoms with van der Waals surface area (Å²) in [5.41, 5.74) is 0.667. The lowest BCUT2D eigenvalue weighted by molar-refractivity contribution is -0.122. The van der Waals surface area contributed by atoms with Gasteiger partial charge < -0.3 is 9.59 Å². The van der Waals surface area contributed by atoms with Gasteiger partial charge >= 0.3 is 0 Å². The fourth-order valence-electron chi connectivity index (χ4n) is 1.85. The average molecular weight is 242 g/mol. The van der Waals surface area contributed by atoms with Gasteiger partial charge in [-0.2, -0.15) is 0 Å². The van der Waals surface area contributed by atoms with Crippen LogP contribution in [0.15, 0.2) is 0 Å². The van der Waals surface area contributed by atoms with Crippen LogP contribution in [-0.4, -0.2) is 11.6 Å². The molecular formula is C15H30O2. The molecule has 0 aliphatic heterocycles. The molecule has 0 aromatic rings. The van der Waals surface area contributed by atoms with Gasteiger partial charge in [0, 0.05) is 12.8 Å². The van der Waals surface area contributed by atoms with E-state index in [-0.39, 0.29) is 11.6 Å². The topological polar surface area (TPSA) is 34.1 Å². The molecule has 0 aromatic heterocycles. The van der Waals surface area contributed by atoms with Crippen LogP contribution < -0.4 is 0 Å². The second kappa shape index (κ2) is 10.5. The summed E-state index contributed by atoms with van der Waals surface area (Å²) in [6.45, 7) is 12.2. The monoisotopic (exact) mass is 242 g/mol. The molecule has 2 nitrogen and oxygen atoms in total. The summed E-state index contributed by atoms with van der Waals surface area (Å²) in [5.74, 6) is 0.167. The molecule has 0 rings (SSSR count). The molecule has 2 heteroatoms. The molecule has 0 aromatic carbocycles. The summed E-state index contributed by atoms with van der Waals surface area (Å²) in [5, 5.41) is 0. The van der Waals surface area contributed by atoms with Gasteiger partial charge in [-0.05, 0) is 19.3 Å². The summed E-state index contributed by atoms with van der Waals surface area (Å²) in [7, 11) is 0. The summed E-state index contributed by atoms with van der Waals surface area (Å²) in [4.78, 5) is 20.4. The maximum absolute atomic E-state index is 10.2. The first kappa shape index (κ1) is 18.7. The van der Waals surface area contributed by atoms with Crippen LogP contribution in [0.4, 0.5) is 0 Å². The molecule has 0 N–H and O–H groups in total. The Labute approximate surface area is 107 Å². The fraction of sp³-hybridized carbons (Fsp3) is 0.867. The molecule has 0 aliphatic carbocycles. The molecule has 0 radical (unpaired) electrons. The normalized spacial score (nSPS) is 10.5. The SMILES string of the molecule is CC(=O)CCC(C)=O.CCC(CC)(CC)CC. The Balaban J connectivity index is 0. The molecule has 0 saturated heterocycles. The van der Waals surface area contributed by atoms with Crippen LogP contribution >= 0.6 is 0 Å². The average Bonchev–Trinajstić information content (AvgIpc) is 2.31. The molecule has 0 atom stereocenters. The Kier molecular flexibility index (Phi) is 11.5. The van der Waals surface area contributed by atoms with E-state index in [9.17, 15) is 9.59 Å². The van der Waals surface area contributed by atoms with Gasteiger partial charge in [0.15, 0.2) is 0 Å². The van der Waals surface area contributed by atoms with Crippen molar-refractivity contribution >= 4 is 11.6 Å². The highest BCUT2D eigenvalue weighted by Crippen LogP contribution is 2.33. The first-order valence-electron chi connectivity index (χ1n) is 6.86. The summed E-state index contributed by atoms with van der Waals surface area (Å²) in [6, 6.07) is 0. The Morgan fingerprint density at radius 3 is 1.00 bits per heavy atom. The van der Waals surface area contributed by atoms with Gasteiger partial charge in [0.2, 0.25) is 0 Å². The highest BCUT2D eigenvalue weighted by atomic mass is 16.1. The lowest BCUT2D eigenvalue weighted by Gasteiger charge is -2.28. The quantitative estimate of drug-likeness (QED) is 0.656. The van der Waals surface area contributed by atoms with Crippen molar-refractivity contribution in [3.63, 3.8) is 0 Å². The van der Waals surface area contributed by atoms with Gasteiger partial charge in [0.25, 0.3) is 0 Å². The summed E-state index contributed by atoms with van der Waals surface area (Å²) in [6.07, 6.45) is 6.17. The van der Waals surface area contributed by atoms with E-state index in [1.54, 1.807) is 0 Å². The Hall–Kier alpha value is -0.660. The molecule has 0 aliphatic rings. The van der Waals surface area contributed by atoms with E-state index in [1.165, 1.54) is 39.5 Å². The lowest BCUT2D eigenvalue weighted by atomic mass is 9.78. The number of ketones is 2. The fourth-order valence-corrected chi connectivity index (χ4v) is 1.85. The molecular weight excluding hydrogens is 212 g/mol. The lowest BCUT2D eigenvalue weighted by Crippen LogP contribution is -2.15. The van der Waals surface area contributed by atoms with Gasteiger partial charge in [-0.25, -0.2) is 0 Å². The van der Waals surface area contributed by atoms with Crippen molar-refractivity contribution in [2.75, 3.05) is 0 Å². The molecule has 17 heavy (non-hydrogen) atoms. The highest BCUT2D eigenvalue weighted by molar-refractivity contribution is 5.83. The van der Waals surface area contributed by atoms with E-state index in [2.05, 4.69) is 27.7 Å². The van der Waals surface area contributed by atoms with E-state index >= 15 is 0 Å². The maximum atomic E-state index is 10.2. The summed E-state index contributed by atoms with van der Waals surface area (Å²) < 4.78 is 0. The van der Waals surface area contributed by atoms with Gasteiger partial charge in [0.05, 0.1) is 0 Å².